The van der Waals surface area contributed by atoms with Gasteiger partial charge >= 0.3 is 0 Å². The van der Waals surface area contributed by atoms with Crippen molar-refractivity contribution in [3.8, 4) is 0 Å². The van der Waals surface area contributed by atoms with Crippen LogP contribution < -0.4 is 4.90 Å². The van der Waals surface area contributed by atoms with Gasteiger partial charge in [-0.2, -0.15) is 0 Å². The number of allylic oxidation sites excluding steroid dienone is 1. The quantitative estimate of drug-likeness (QED) is 0.629. The number of hydrogen-bond acceptors (Lipinski definition) is 2. The van der Waals surface area contributed by atoms with Crippen molar-refractivity contribution >= 4 is 5.69 Å². The van der Waals surface area contributed by atoms with E-state index in [1.54, 1.807) is 6.20 Å². The number of anilines is 1. The molecule has 0 bridgehead atoms. The summed E-state index contributed by atoms with van der Waals surface area (Å²) in [4.78, 5) is 1.94. The van der Waals surface area contributed by atoms with E-state index in [1.165, 1.54) is 11.3 Å². The molecule has 2 heteroatoms. The van der Waals surface area contributed by atoms with Crippen molar-refractivity contribution in [2.75, 3.05) is 11.9 Å². The molecule has 0 aromatic heterocycles. The van der Waals surface area contributed by atoms with Crippen LogP contribution in [0.1, 0.15) is 5.56 Å². The summed E-state index contributed by atoms with van der Waals surface area (Å²) in [6, 6.07) is 8.09. The smallest absolute Gasteiger partial charge is 0.113 e. The monoisotopic (exact) mass is 161 g/mol. The minimum Gasteiger partial charge on any atom is -0.510 e. The van der Waals surface area contributed by atoms with Gasteiger partial charge in [0.2, 0.25) is 0 Å². The van der Waals surface area contributed by atoms with Crippen molar-refractivity contribution in [2.45, 2.75) is 6.42 Å². The summed E-state index contributed by atoms with van der Waals surface area (Å²) >= 11 is 0. The van der Waals surface area contributed by atoms with Crippen LogP contribution in [0.2, 0.25) is 0 Å². The van der Waals surface area contributed by atoms with E-state index in [1.807, 2.05) is 30.1 Å². The molecule has 0 atom stereocenters. The number of aliphatic hydroxyl groups excluding tert-OH is 1. The second-order valence-electron chi connectivity index (χ2n) is 3.04. The second kappa shape index (κ2) is 2.55. The molecular formula is C10H11NO. The molecule has 2 rings (SSSR count). The Morgan fingerprint density at radius 2 is 2.08 bits per heavy atom. The lowest BCUT2D eigenvalue weighted by Crippen LogP contribution is -2.16. The molecule has 0 unspecified atom stereocenters. The zero-order chi connectivity index (χ0) is 8.55. The number of rotatable bonds is 0. The number of benzene rings is 1. The molecule has 1 aromatic rings. The molecule has 12 heavy (non-hydrogen) atoms. The van der Waals surface area contributed by atoms with E-state index >= 15 is 0 Å². The molecule has 0 aliphatic carbocycles. The van der Waals surface area contributed by atoms with E-state index in [9.17, 15) is 5.11 Å². The van der Waals surface area contributed by atoms with Crippen LogP contribution in [0.5, 0.6) is 0 Å². The Labute approximate surface area is 71.7 Å². The molecule has 62 valence electrons. The average Bonchev–Trinajstić information content (AvgIpc) is 2.04. The Balaban J connectivity index is 2.48. The third-order valence-corrected chi connectivity index (χ3v) is 2.09. The van der Waals surface area contributed by atoms with Crippen molar-refractivity contribution < 1.29 is 5.11 Å². The van der Waals surface area contributed by atoms with Crippen molar-refractivity contribution in [2.24, 2.45) is 0 Å². The normalized spacial score (nSPS) is 15.4. The maximum Gasteiger partial charge on any atom is 0.113 e. The summed E-state index contributed by atoms with van der Waals surface area (Å²) in [7, 11) is 1.94. The highest BCUT2D eigenvalue weighted by molar-refractivity contribution is 5.58. The molecule has 0 saturated carbocycles. The highest BCUT2D eigenvalue weighted by atomic mass is 16.3. The van der Waals surface area contributed by atoms with Gasteiger partial charge in [-0.05, 0) is 11.6 Å². The summed E-state index contributed by atoms with van der Waals surface area (Å²) in [6.07, 6.45) is 2.41. The first-order valence-corrected chi connectivity index (χ1v) is 3.98. The fourth-order valence-electron chi connectivity index (χ4n) is 1.54. The lowest BCUT2D eigenvalue weighted by atomic mass is 10.1. The van der Waals surface area contributed by atoms with Gasteiger partial charge in [0.25, 0.3) is 0 Å². The predicted molar refractivity (Wildman–Crippen MR) is 49.3 cm³/mol. The van der Waals surface area contributed by atoms with Gasteiger partial charge in [0.1, 0.15) is 5.76 Å². The SMILES string of the molecule is CN1C=C(O)Cc2ccccc21. The largest absolute Gasteiger partial charge is 0.510 e. The van der Waals surface area contributed by atoms with E-state index in [4.69, 9.17) is 0 Å². The van der Waals surface area contributed by atoms with E-state index in [-0.39, 0.29) is 0 Å². The minimum atomic E-state index is 0.427. The predicted octanol–water partition coefficient (Wildman–Crippen LogP) is 2.08. The number of fused-ring (bicyclic) bond motifs is 1. The zero-order valence-electron chi connectivity index (χ0n) is 6.99. The Kier molecular flexibility index (Phi) is 1.54. The first kappa shape index (κ1) is 7.22. The third kappa shape index (κ3) is 1.05. The fraction of sp³-hybridized carbons (Fsp3) is 0.200. The number of hydrogen-bond donors (Lipinski definition) is 1. The maximum atomic E-state index is 9.35. The summed E-state index contributed by atoms with van der Waals surface area (Å²) in [5, 5.41) is 9.35. The molecular weight excluding hydrogens is 150 g/mol. The van der Waals surface area contributed by atoms with Crippen LogP contribution in [0.3, 0.4) is 0 Å². The lowest BCUT2D eigenvalue weighted by Gasteiger charge is -2.23. The zero-order valence-corrected chi connectivity index (χ0v) is 6.99. The molecule has 1 aromatic carbocycles. The second-order valence-corrected chi connectivity index (χ2v) is 3.04. The fourth-order valence-corrected chi connectivity index (χ4v) is 1.54. The van der Waals surface area contributed by atoms with Crippen LogP contribution in [0.25, 0.3) is 0 Å². The number of nitrogens with zero attached hydrogens (tertiary/aromatic N) is 1. The van der Waals surface area contributed by atoms with Crippen LogP contribution >= 0.6 is 0 Å². The van der Waals surface area contributed by atoms with Gasteiger partial charge in [0, 0.05) is 25.4 Å². The molecule has 2 nitrogen and oxygen atoms in total. The van der Waals surface area contributed by atoms with E-state index in [0.717, 1.165) is 0 Å². The summed E-state index contributed by atoms with van der Waals surface area (Å²) in [5.74, 6) is 0.427. The summed E-state index contributed by atoms with van der Waals surface area (Å²) in [6.45, 7) is 0. The summed E-state index contributed by atoms with van der Waals surface area (Å²) < 4.78 is 0. The van der Waals surface area contributed by atoms with Crippen molar-refractivity contribution in [1.82, 2.24) is 0 Å². The van der Waals surface area contributed by atoms with Gasteiger partial charge in [0.15, 0.2) is 0 Å². The molecule has 0 amide bonds. The number of aliphatic hydroxyl groups is 1. The van der Waals surface area contributed by atoms with E-state index in [2.05, 4.69) is 6.07 Å². The Morgan fingerprint density at radius 1 is 1.33 bits per heavy atom. The summed E-state index contributed by atoms with van der Waals surface area (Å²) in [5.41, 5.74) is 2.36. The number of para-hydroxylation sites is 1. The molecule has 1 N–H and O–H groups in total. The average molecular weight is 161 g/mol. The van der Waals surface area contributed by atoms with Gasteiger partial charge in [0.05, 0.1) is 0 Å². The maximum absolute atomic E-state index is 9.35. The van der Waals surface area contributed by atoms with Gasteiger partial charge in [-0.1, -0.05) is 18.2 Å². The first-order valence-electron chi connectivity index (χ1n) is 3.98. The highest BCUT2D eigenvalue weighted by Crippen LogP contribution is 2.25. The first-order chi connectivity index (χ1) is 5.77. The van der Waals surface area contributed by atoms with Crippen LogP contribution in [-0.2, 0) is 6.42 Å². The van der Waals surface area contributed by atoms with E-state index in [0.29, 0.717) is 12.2 Å². The minimum absolute atomic E-state index is 0.427. The van der Waals surface area contributed by atoms with Gasteiger partial charge < -0.3 is 10.0 Å². The molecule has 1 aliphatic heterocycles. The highest BCUT2D eigenvalue weighted by Gasteiger charge is 2.12. The Morgan fingerprint density at radius 3 is 2.92 bits per heavy atom. The molecule has 0 fully saturated rings. The topological polar surface area (TPSA) is 23.5 Å². The van der Waals surface area contributed by atoms with Crippen molar-refractivity contribution in [1.29, 1.82) is 0 Å². The van der Waals surface area contributed by atoms with E-state index < -0.39 is 0 Å². The molecule has 0 saturated heterocycles. The van der Waals surface area contributed by atoms with Crippen LogP contribution in [0, 0.1) is 0 Å². The van der Waals surface area contributed by atoms with Crippen LogP contribution in [-0.4, -0.2) is 12.2 Å². The Bertz CT molecular complexity index is 330. The van der Waals surface area contributed by atoms with Crippen molar-refractivity contribution in [3.63, 3.8) is 0 Å². The van der Waals surface area contributed by atoms with Gasteiger partial charge in [-0.25, -0.2) is 0 Å². The van der Waals surface area contributed by atoms with Gasteiger partial charge in [-0.15, -0.1) is 0 Å². The van der Waals surface area contributed by atoms with Gasteiger partial charge in [-0.3, -0.25) is 0 Å². The van der Waals surface area contributed by atoms with Crippen LogP contribution in [0.15, 0.2) is 36.2 Å². The lowest BCUT2D eigenvalue weighted by molar-refractivity contribution is 0.394. The molecule has 0 spiro atoms. The van der Waals surface area contributed by atoms with Crippen molar-refractivity contribution in [3.05, 3.63) is 41.8 Å². The third-order valence-electron chi connectivity index (χ3n) is 2.09. The molecule has 0 radical (unpaired) electrons. The standard InChI is InChI=1S/C10H11NO/c1-11-7-9(12)6-8-4-2-3-5-10(8)11/h2-5,7,12H,6H2,1H3. The Hall–Kier alpha value is -1.44. The van der Waals surface area contributed by atoms with Crippen LogP contribution in [0.4, 0.5) is 5.69 Å². The molecule has 1 heterocycles. The molecule has 1 aliphatic rings.